The molecule has 2 aliphatic rings. The van der Waals surface area contributed by atoms with Crippen molar-refractivity contribution in [1.29, 1.82) is 0 Å². The number of nitrogens with one attached hydrogen (secondary N) is 1. The van der Waals surface area contributed by atoms with Crippen molar-refractivity contribution in [2.24, 2.45) is 0 Å². The second-order valence-corrected chi connectivity index (χ2v) is 17.4. The highest BCUT2D eigenvalue weighted by Crippen LogP contribution is 2.44. The summed E-state index contributed by atoms with van der Waals surface area (Å²) in [4.78, 5) is 6.50. The van der Waals surface area contributed by atoms with E-state index in [4.69, 9.17) is 0 Å². The lowest BCUT2D eigenvalue weighted by Crippen LogP contribution is -2.62. The molecule has 206 valence electrons. The predicted octanol–water partition coefficient (Wildman–Crippen LogP) is 7.60. The van der Waals surface area contributed by atoms with Crippen LogP contribution in [-0.4, -0.2) is 20.3 Å². The fraction of sp³-hybridized carbons (Fsp3) is 0.0500. The van der Waals surface area contributed by atoms with E-state index < -0.39 is 8.07 Å². The van der Waals surface area contributed by atoms with Crippen LogP contribution in [0.3, 0.4) is 0 Å². The average Bonchev–Trinajstić information content (AvgIpc) is 3.42. The van der Waals surface area contributed by atoms with Gasteiger partial charge in [0.1, 0.15) is 8.07 Å². The zero-order chi connectivity index (χ0) is 29.2. The minimum Gasteiger partial charge on any atom is -0.354 e. The molecule has 0 unspecified atom stereocenters. The summed E-state index contributed by atoms with van der Waals surface area (Å²) in [6.07, 6.45) is 0. The first-order valence-corrected chi connectivity index (χ1v) is 18.6. The van der Waals surface area contributed by atoms with E-state index in [1.54, 1.807) is 5.19 Å². The standard InChI is InChI=1S/C40H29BN2Si/c1-44(2)35-19-8-7-18-34(35)43-39-27-14-6-5-13-26(27)22-31(37(39)41-32-17-10-20-36(44)40(32)43)29-16-9-15-28-30-21-24-11-3-4-12-25(24)23-33(30)42-38(28)29/h3-23,41-42H,1-2H3. The molecule has 1 aromatic heterocycles. The van der Waals surface area contributed by atoms with Gasteiger partial charge in [0.15, 0.2) is 7.28 Å². The molecule has 0 saturated heterocycles. The first-order valence-electron chi connectivity index (χ1n) is 15.6. The fourth-order valence-electron chi connectivity index (χ4n) is 8.27. The van der Waals surface area contributed by atoms with E-state index in [2.05, 4.69) is 150 Å². The molecule has 8 aromatic rings. The Balaban J connectivity index is 1.32. The highest BCUT2D eigenvalue weighted by atomic mass is 28.3. The molecule has 3 heterocycles. The van der Waals surface area contributed by atoms with Crippen molar-refractivity contribution in [2.75, 3.05) is 4.90 Å². The summed E-state index contributed by atoms with van der Waals surface area (Å²) in [7, 11) is -0.958. The third-order valence-corrected chi connectivity index (χ3v) is 13.9. The molecule has 0 atom stereocenters. The molecular weight excluding hydrogens is 547 g/mol. The third kappa shape index (κ3) is 3.11. The topological polar surface area (TPSA) is 19.0 Å². The summed E-state index contributed by atoms with van der Waals surface area (Å²) >= 11 is 0. The van der Waals surface area contributed by atoms with Crippen LogP contribution in [0.5, 0.6) is 0 Å². The average molecular weight is 577 g/mol. The van der Waals surface area contributed by atoms with Gasteiger partial charge in [-0.1, -0.05) is 122 Å². The van der Waals surface area contributed by atoms with E-state index >= 15 is 0 Å². The van der Waals surface area contributed by atoms with Gasteiger partial charge >= 0.3 is 0 Å². The van der Waals surface area contributed by atoms with Crippen LogP contribution in [-0.2, 0) is 0 Å². The Labute approximate surface area is 257 Å². The van der Waals surface area contributed by atoms with E-state index in [9.17, 15) is 0 Å². The molecule has 0 radical (unpaired) electrons. The van der Waals surface area contributed by atoms with Crippen molar-refractivity contribution >= 4 is 97.1 Å². The van der Waals surface area contributed by atoms with Crippen LogP contribution in [0.1, 0.15) is 0 Å². The normalized spacial score (nSPS) is 14.5. The van der Waals surface area contributed by atoms with Crippen LogP contribution in [0.2, 0.25) is 13.1 Å². The number of aromatic nitrogens is 1. The summed E-state index contributed by atoms with van der Waals surface area (Å²) in [6, 6.07) is 47.8. The number of H-pyrrole nitrogens is 1. The maximum absolute atomic E-state index is 3.88. The Morgan fingerprint density at radius 1 is 0.568 bits per heavy atom. The molecule has 7 aromatic carbocycles. The quantitative estimate of drug-likeness (QED) is 0.200. The molecule has 0 bridgehead atoms. The Bertz CT molecular complexity index is 2520. The first-order chi connectivity index (χ1) is 21.6. The van der Waals surface area contributed by atoms with Crippen LogP contribution in [0, 0.1) is 0 Å². The zero-order valence-corrected chi connectivity index (χ0v) is 25.8. The minimum atomic E-state index is -1.88. The third-order valence-electron chi connectivity index (χ3n) is 10.3. The van der Waals surface area contributed by atoms with Crippen LogP contribution in [0.15, 0.2) is 127 Å². The molecule has 0 amide bonds. The molecular formula is C40H29BN2Si. The van der Waals surface area contributed by atoms with E-state index in [0.29, 0.717) is 0 Å². The molecule has 0 fully saturated rings. The van der Waals surface area contributed by atoms with E-state index in [0.717, 1.165) is 7.28 Å². The minimum absolute atomic E-state index is 0.919. The number of nitrogens with zero attached hydrogens (tertiary/aromatic N) is 1. The Kier molecular flexibility index (Phi) is 4.72. The summed E-state index contributed by atoms with van der Waals surface area (Å²) in [5.74, 6) is 0. The fourth-order valence-corrected chi connectivity index (χ4v) is 11.3. The van der Waals surface area contributed by atoms with Crippen LogP contribution in [0.4, 0.5) is 17.1 Å². The molecule has 10 rings (SSSR count). The van der Waals surface area contributed by atoms with Gasteiger partial charge in [-0.3, -0.25) is 0 Å². The second kappa shape index (κ2) is 8.52. The molecule has 2 nitrogen and oxygen atoms in total. The van der Waals surface area contributed by atoms with Crippen LogP contribution >= 0.6 is 0 Å². The van der Waals surface area contributed by atoms with E-state index in [1.165, 1.54) is 87.7 Å². The highest BCUT2D eigenvalue weighted by molar-refractivity contribution is 7.03. The van der Waals surface area contributed by atoms with E-state index in [-0.39, 0.29) is 0 Å². The second-order valence-electron chi connectivity index (χ2n) is 13.0. The lowest BCUT2D eigenvalue weighted by Gasteiger charge is -2.45. The SMILES string of the molecule is C[Si]1(C)c2ccccc2N2c3c(cccc31)Bc1c(-c3cccc4c3[nH]c3cc5ccccc5cc34)cc3ccccc3c12. The van der Waals surface area contributed by atoms with Gasteiger partial charge in [0.2, 0.25) is 0 Å². The molecule has 0 spiro atoms. The predicted molar refractivity (Wildman–Crippen MR) is 194 cm³/mol. The van der Waals surface area contributed by atoms with Crippen molar-refractivity contribution in [3.05, 3.63) is 127 Å². The van der Waals surface area contributed by atoms with Crippen LogP contribution in [0.25, 0.3) is 54.5 Å². The maximum atomic E-state index is 3.88. The summed E-state index contributed by atoms with van der Waals surface area (Å²) < 4.78 is 0. The Morgan fingerprint density at radius 3 is 2.16 bits per heavy atom. The van der Waals surface area contributed by atoms with Gasteiger partial charge in [-0.15, -0.1) is 0 Å². The van der Waals surface area contributed by atoms with Gasteiger partial charge < -0.3 is 9.88 Å². The van der Waals surface area contributed by atoms with Crippen molar-refractivity contribution in [1.82, 2.24) is 4.98 Å². The zero-order valence-electron chi connectivity index (χ0n) is 24.8. The molecule has 0 aliphatic carbocycles. The van der Waals surface area contributed by atoms with Gasteiger partial charge in [0.05, 0.1) is 5.52 Å². The summed E-state index contributed by atoms with van der Waals surface area (Å²) in [5.41, 5.74) is 11.9. The van der Waals surface area contributed by atoms with E-state index in [1.807, 2.05) is 0 Å². The van der Waals surface area contributed by atoms with Gasteiger partial charge in [-0.2, -0.15) is 0 Å². The van der Waals surface area contributed by atoms with Crippen molar-refractivity contribution < 1.29 is 0 Å². The lowest BCUT2D eigenvalue weighted by atomic mass is 9.57. The van der Waals surface area contributed by atoms with Crippen molar-refractivity contribution in [3.63, 3.8) is 0 Å². The summed E-state index contributed by atoms with van der Waals surface area (Å²) in [6.45, 7) is 5.03. The lowest BCUT2D eigenvalue weighted by molar-refractivity contribution is 1.31. The highest BCUT2D eigenvalue weighted by Gasteiger charge is 2.42. The van der Waals surface area contributed by atoms with Gasteiger partial charge in [-0.25, -0.2) is 0 Å². The van der Waals surface area contributed by atoms with Gasteiger partial charge in [-0.05, 0) is 61.8 Å². The number of anilines is 3. The van der Waals surface area contributed by atoms with Gasteiger partial charge in [0.25, 0.3) is 0 Å². The number of aromatic amines is 1. The van der Waals surface area contributed by atoms with Crippen molar-refractivity contribution in [3.8, 4) is 11.1 Å². The number of para-hydroxylation sites is 3. The largest absolute Gasteiger partial charge is 0.354 e. The van der Waals surface area contributed by atoms with Gasteiger partial charge in [0, 0.05) is 44.3 Å². The smallest absolute Gasteiger partial charge is 0.198 e. The first kappa shape index (κ1) is 24.4. The molecule has 0 saturated carbocycles. The number of hydrogen-bond acceptors (Lipinski definition) is 1. The molecule has 2 aliphatic heterocycles. The van der Waals surface area contributed by atoms with Crippen LogP contribution < -0.4 is 26.2 Å². The Hall–Kier alpha value is -5.06. The maximum Gasteiger partial charge on any atom is 0.198 e. The number of fused-ring (bicyclic) bond motifs is 10. The number of rotatable bonds is 1. The Morgan fingerprint density at radius 2 is 1.27 bits per heavy atom. The van der Waals surface area contributed by atoms with Crippen molar-refractivity contribution in [2.45, 2.75) is 13.1 Å². The summed E-state index contributed by atoms with van der Waals surface area (Å²) in [5, 5.41) is 10.7. The molecule has 4 heteroatoms. The number of hydrogen-bond donors (Lipinski definition) is 1. The molecule has 1 N–H and O–H groups in total. The monoisotopic (exact) mass is 576 g/mol. The molecule has 44 heavy (non-hydrogen) atoms. The number of benzene rings is 7.